The second kappa shape index (κ2) is 7.20. The van der Waals surface area contributed by atoms with Crippen molar-refractivity contribution in [2.45, 2.75) is 6.04 Å². The monoisotopic (exact) mass is 400 g/mol. The molecule has 0 spiro atoms. The third kappa shape index (κ3) is 3.25. The number of fused-ring (bicyclic) bond motifs is 1. The fourth-order valence-corrected chi connectivity index (χ4v) is 3.54. The average molecular weight is 400 g/mol. The molecule has 4 aromatic rings. The third-order valence-corrected chi connectivity index (χ3v) is 5.17. The number of nitrogens with zero attached hydrogens (tertiary/aromatic N) is 6. The molecule has 1 saturated heterocycles. The van der Waals surface area contributed by atoms with Gasteiger partial charge in [-0.05, 0) is 18.2 Å². The van der Waals surface area contributed by atoms with Crippen LogP contribution in [0.2, 0.25) is 0 Å². The Balaban J connectivity index is 1.54. The van der Waals surface area contributed by atoms with Gasteiger partial charge < -0.3 is 20.5 Å². The molecule has 1 aliphatic heterocycles. The van der Waals surface area contributed by atoms with Crippen molar-refractivity contribution in [2.75, 3.05) is 23.3 Å². The van der Waals surface area contributed by atoms with Gasteiger partial charge in [-0.3, -0.25) is 9.78 Å². The summed E-state index contributed by atoms with van der Waals surface area (Å²) < 4.78 is 1.94. The summed E-state index contributed by atoms with van der Waals surface area (Å²) in [6, 6.07) is 7.32. The molecule has 5 rings (SSSR count). The molecule has 0 radical (unpaired) electrons. The van der Waals surface area contributed by atoms with E-state index in [0.29, 0.717) is 11.4 Å². The van der Waals surface area contributed by atoms with Crippen molar-refractivity contribution in [2.24, 2.45) is 12.8 Å². The Morgan fingerprint density at radius 3 is 2.67 bits per heavy atom. The van der Waals surface area contributed by atoms with Gasteiger partial charge in [-0.15, -0.1) is 0 Å². The number of aryl methyl sites for hydroxylation is 1. The summed E-state index contributed by atoms with van der Waals surface area (Å²) in [7, 11) is 1.94. The average Bonchev–Trinajstić information content (AvgIpc) is 3.17. The lowest BCUT2D eigenvalue weighted by atomic mass is 10.1. The standard InChI is InChI=1S/C21H20N8O/c1-28-12-24-9-18(28)20-17(29-10-15(22)11-29)6-14-8-25-19(7-16(14)26-20)27-21(30)13-2-4-23-5-3-13/h2-9,12,15H,10-11,22H2,1H3,(H,25,27,30). The molecule has 150 valence electrons. The van der Waals surface area contributed by atoms with Crippen LogP contribution in [-0.4, -0.2) is 49.5 Å². The van der Waals surface area contributed by atoms with Gasteiger partial charge in [0.05, 0.1) is 29.4 Å². The van der Waals surface area contributed by atoms with Crippen LogP contribution in [0.4, 0.5) is 11.5 Å². The van der Waals surface area contributed by atoms with Gasteiger partial charge in [0.25, 0.3) is 5.91 Å². The molecule has 0 atom stereocenters. The number of imidazole rings is 1. The van der Waals surface area contributed by atoms with Crippen LogP contribution in [0.5, 0.6) is 0 Å². The molecule has 30 heavy (non-hydrogen) atoms. The Kier molecular flexibility index (Phi) is 4.36. The lowest BCUT2D eigenvalue weighted by molar-refractivity contribution is 0.102. The van der Waals surface area contributed by atoms with Crippen LogP contribution in [0.1, 0.15) is 10.4 Å². The van der Waals surface area contributed by atoms with Gasteiger partial charge in [-0.2, -0.15) is 0 Å². The predicted molar refractivity (Wildman–Crippen MR) is 114 cm³/mol. The lowest BCUT2D eigenvalue weighted by Gasteiger charge is -2.39. The first-order chi connectivity index (χ1) is 14.6. The maximum Gasteiger partial charge on any atom is 0.256 e. The lowest BCUT2D eigenvalue weighted by Crippen LogP contribution is -2.56. The number of carbonyl (C=O) groups is 1. The number of anilines is 2. The van der Waals surface area contributed by atoms with Crippen molar-refractivity contribution in [3.05, 3.63) is 60.9 Å². The van der Waals surface area contributed by atoms with Crippen LogP contribution in [0.3, 0.4) is 0 Å². The third-order valence-electron chi connectivity index (χ3n) is 5.17. The van der Waals surface area contributed by atoms with Crippen LogP contribution in [0.25, 0.3) is 22.3 Å². The van der Waals surface area contributed by atoms with Crippen LogP contribution < -0.4 is 16.0 Å². The van der Waals surface area contributed by atoms with Gasteiger partial charge in [-0.1, -0.05) is 0 Å². The summed E-state index contributed by atoms with van der Waals surface area (Å²) in [5.41, 5.74) is 9.98. The number of pyridine rings is 3. The second-order valence-electron chi connectivity index (χ2n) is 7.36. The van der Waals surface area contributed by atoms with Crippen molar-refractivity contribution in [1.82, 2.24) is 24.5 Å². The summed E-state index contributed by atoms with van der Waals surface area (Å²) in [5.74, 6) is 0.189. The Labute approximate surface area is 172 Å². The molecule has 5 heterocycles. The number of nitrogens with two attached hydrogens (primary N) is 1. The highest BCUT2D eigenvalue weighted by Gasteiger charge is 2.27. The molecule has 0 unspecified atom stereocenters. The number of aromatic nitrogens is 5. The zero-order valence-corrected chi connectivity index (χ0v) is 16.4. The van der Waals surface area contributed by atoms with Crippen LogP contribution in [0.15, 0.2) is 55.4 Å². The number of hydrogen-bond donors (Lipinski definition) is 2. The first-order valence-electron chi connectivity index (χ1n) is 9.58. The largest absolute Gasteiger partial charge is 0.366 e. The highest BCUT2D eigenvalue weighted by Crippen LogP contribution is 2.34. The Bertz CT molecular complexity index is 1230. The summed E-state index contributed by atoms with van der Waals surface area (Å²) in [5, 5.41) is 3.71. The molecule has 0 aliphatic carbocycles. The quantitative estimate of drug-likeness (QED) is 0.537. The van der Waals surface area contributed by atoms with Gasteiger partial charge in [-0.25, -0.2) is 15.0 Å². The van der Waals surface area contributed by atoms with Crippen LogP contribution >= 0.6 is 0 Å². The van der Waals surface area contributed by atoms with E-state index in [1.54, 1.807) is 49.3 Å². The minimum Gasteiger partial charge on any atom is -0.366 e. The first kappa shape index (κ1) is 18.2. The molecule has 0 aromatic carbocycles. The predicted octanol–water partition coefficient (Wildman–Crippen LogP) is 1.82. The molecular weight excluding hydrogens is 380 g/mol. The van der Waals surface area contributed by atoms with Crippen molar-refractivity contribution in [3.63, 3.8) is 0 Å². The maximum absolute atomic E-state index is 12.4. The second-order valence-corrected chi connectivity index (χ2v) is 7.36. The zero-order valence-electron chi connectivity index (χ0n) is 16.4. The fraction of sp³-hybridized carbons (Fsp3) is 0.190. The zero-order chi connectivity index (χ0) is 20.7. The van der Waals surface area contributed by atoms with E-state index in [1.807, 2.05) is 11.6 Å². The minimum absolute atomic E-state index is 0.170. The van der Waals surface area contributed by atoms with Crippen molar-refractivity contribution in [3.8, 4) is 11.4 Å². The topological polar surface area (TPSA) is 115 Å². The van der Waals surface area contributed by atoms with E-state index in [9.17, 15) is 4.79 Å². The number of hydrogen-bond acceptors (Lipinski definition) is 7. The first-order valence-corrected chi connectivity index (χ1v) is 9.58. The molecule has 9 nitrogen and oxygen atoms in total. The molecule has 4 aromatic heterocycles. The molecule has 0 bridgehead atoms. The molecule has 3 N–H and O–H groups in total. The van der Waals surface area contributed by atoms with E-state index >= 15 is 0 Å². The smallest absolute Gasteiger partial charge is 0.256 e. The Morgan fingerprint density at radius 1 is 1.17 bits per heavy atom. The molecule has 1 fully saturated rings. The highest BCUT2D eigenvalue weighted by atomic mass is 16.1. The van der Waals surface area contributed by atoms with Crippen molar-refractivity contribution >= 4 is 28.3 Å². The molecule has 9 heteroatoms. The number of carbonyl (C=O) groups excluding carboxylic acids is 1. The number of nitrogens with one attached hydrogen (secondary N) is 1. The molecule has 1 aliphatic rings. The Morgan fingerprint density at radius 2 is 1.97 bits per heavy atom. The summed E-state index contributed by atoms with van der Waals surface area (Å²) in [4.78, 5) is 32.1. The van der Waals surface area contributed by atoms with E-state index < -0.39 is 0 Å². The highest BCUT2D eigenvalue weighted by molar-refractivity contribution is 6.04. The van der Waals surface area contributed by atoms with Gasteiger partial charge in [0.1, 0.15) is 11.5 Å². The Hall–Kier alpha value is -3.85. The van der Waals surface area contributed by atoms with Gasteiger partial charge in [0.15, 0.2) is 0 Å². The van der Waals surface area contributed by atoms with Crippen molar-refractivity contribution in [1.29, 1.82) is 0 Å². The van der Waals surface area contributed by atoms with E-state index in [0.717, 1.165) is 41.1 Å². The summed E-state index contributed by atoms with van der Waals surface area (Å²) in [6.45, 7) is 1.57. The fourth-order valence-electron chi connectivity index (χ4n) is 3.54. The number of amides is 1. The van der Waals surface area contributed by atoms with E-state index in [4.69, 9.17) is 10.7 Å². The number of rotatable bonds is 4. The van der Waals surface area contributed by atoms with E-state index in [1.165, 1.54) is 0 Å². The van der Waals surface area contributed by atoms with Crippen molar-refractivity contribution < 1.29 is 4.79 Å². The summed E-state index contributed by atoms with van der Waals surface area (Å²) in [6.07, 6.45) is 8.42. The molecule has 1 amide bonds. The molecular formula is C21H20N8O. The van der Waals surface area contributed by atoms with Crippen LogP contribution in [0, 0.1) is 0 Å². The minimum atomic E-state index is -0.248. The summed E-state index contributed by atoms with van der Waals surface area (Å²) >= 11 is 0. The maximum atomic E-state index is 12.4. The van der Waals surface area contributed by atoms with E-state index in [-0.39, 0.29) is 11.9 Å². The van der Waals surface area contributed by atoms with Gasteiger partial charge >= 0.3 is 0 Å². The normalized spacial score (nSPS) is 14.0. The van der Waals surface area contributed by atoms with E-state index in [2.05, 4.69) is 31.2 Å². The van der Waals surface area contributed by atoms with Gasteiger partial charge in [0, 0.05) is 61.8 Å². The van der Waals surface area contributed by atoms with Crippen LogP contribution in [-0.2, 0) is 7.05 Å². The SMILES string of the molecule is Cn1cncc1-c1nc2cc(NC(=O)c3ccncc3)ncc2cc1N1CC(N)C1. The van der Waals surface area contributed by atoms with Gasteiger partial charge in [0.2, 0.25) is 0 Å². The molecule has 0 saturated carbocycles.